The standard InChI is InChI=1S/C22H40O7.C9H14O7/c1-2-3-4-5-6-7-8-9-10-11-12-13-14-15-16-18(20(25)26)22(29,21(27)28)17-19(23)24;1-14-6(10)4-9(13,8(12)16-3)5-7(11)15-2/h18,29H,2-17H2,1H3,(H,23,24)(H,25,26)(H,27,28);13H,4-5H2,1-3H3. The van der Waals surface area contributed by atoms with Crippen molar-refractivity contribution >= 4 is 35.8 Å². The monoisotopic (exact) mass is 650 g/mol. The third-order valence-electron chi connectivity index (χ3n) is 7.41. The van der Waals surface area contributed by atoms with E-state index in [1.165, 1.54) is 57.8 Å². The maximum atomic E-state index is 11.4. The second-order valence-corrected chi connectivity index (χ2v) is 11.1. The Hall–Kier alpha value is -3.26. The van der Waals surface area contributed by atoms with E-state index in [9.17, 15) is 44.1 Å². The molecule has 0 spiro atoms. The van der Waals surface area contributed by atoms with Crippen LogP contribution in [0.3, 0.4) is 0 Å². The van der Waals surface area contributed by atoms with Crippen LogP contribution in [0.15, 0.2) is 0 Å². The molecule has 0 aliphatic heterocycles. The normalized spacial score (nSPS) is 12.9. The lowest BCUT2D eigenvalue weighted by Gasteiger charge is -2.28. The minimum Gasteiger partial charge on any atom is -0.481 e. The maximum absolute atomic E-state index is 11.4. The van der Waals surface area contributed by atoms with Gasteiger partial charge in [0.2, 0.25) is 0 Å². The predicted octanol–water partition coefficient (Wildman–Crippen LogP) is 3.87. The van der Waals surface area contributed by atoms with E-state index in [2.05, 4.69) is 21.1 Å². The number of rotatable bonds is 25. The van der Waals surface area contributed by atoms with Crippen molar-refractivity contribution in [2.75, 3.05) is 21.3 Å². The SMILES string of the molecule is CCCCCCCCCCCCCCCCC(C(=O)O)C(O)(CC(=O)O)C(=O)O.COC(=O)CC(O)(CC(=O)OC)C(=O)OC. The number of carboxylic acids is 3. The summed E-state index contributed by atoms with van der Waals surface area (Å²) >= 11 is 0. The first kappa shape index (κ1) is 43.9. The average molecular weight is 651 g/mol. The number of carbonyl (C=O) groups excluding carboxylic acids is 3. The zero-order valence-corrected chi connectivity index (χ0v) is 27.2. The van der Waals surface area contributed by atoms with Crippen molar-refractivity contribution in [3.63, 3.8) is 0 Å². The van der Waals surface area contributed by atoms with Crippen LogP contribution in [0.1, 0.15) is 122 Å². The Morgan fingerprint density at radius 3 is 1.24 bits per heavy atom. The number of hydrogen-bond donors (Lipinski definition) is 5. The van der Waals surface area contributed by atoms with E-state index in [1.54, 1.807) is 0 Å². The van der Waals surface area contributed by atoms with Gasteiger partial charge in [-0.25, -0.2) is 9.59 Å². The van der Waals surface area contributed by atoms with E-state index in [-0.39, 0.29) is 6.42 Å². The molecule has 2 unspecified atom stereocenters. The molecule has 45 heavy (non-hydrogen) atoms. The molecule has 0 saturated heterocycles. The van der Waals surface area contributed by atoms with E-state index in [0.717, 1.165) is 47.0 Å². The summed E-state index contributed by atoms with van der Waals surface area (Å²) in [5.74, 6) is -9.23. The Balaban J connectivity index is 0. The number of carboxylic acid groups (broad SMARTS) is 3. The van der Waals surface area contributed by atoms with Crippen LogP contribution < -0.4 is 0 Å². The van der Waals surface area contributed by atoms with Crippen LogP contribution in [-0.2, 0) is 43.0 Å². The summed E-state index contributed by atoms with van der Waals surface area (Å²) in [5, 5.41) is 47.1. The fourth-order valence-corrected chi connectivity index (χ4v) is 4.71. The minimum atomic E-state index is -2.78. The minimum absolute atomic E-state index is 0.0521. The molecule has 0 aromatic heterocycles. The highest BCUT2D eigenvalue weighted by atomic mass is 16.6. The molecule has 0 fully saturated rings. The van der Waals surface area contributed by atoms with Crippen molar-refractivity contribution in [2.45, 2.75) is 134 Å². The molecule has 0 amide bonds. The van der Waals surface area contributed by atoms with Crippen molar-refractivity contribution in [3.8, 4) is 0 Å². The van der Waals surface area contributed by atoms with Gasteiger partial charge in [-0.1, -0.05) is 96.8 Å². The molecule has 0 heterocycles. The van der Waals surface area contributed by atoms with Gasteiger partial charge < -0.3 is 39.7 Å². The van der Waals surface area contributed by atoms with Gasteiger partial charge in [-0.3, -0.25) is 19.2 Å². The quantitative estimate of drug-likeness (QED) is 0.0536. The molecule has 0 radical (unpaired) electrons. The molecule has 14 nitrogen and oxygen atoms in total. The van der Waals surface area contributed by atoms with Crippen LogP contribution in [-0.4, -0.2) is 93.9 Å². The first-order valence-electron chi connectivity index (χ1n) is 15.5. The first-order chi connectivity index (χ1) is 21.1. The number of hydrogen-bond acceptors (Lipinski definition) is 11. The Kier molecular flexibility index (Phi) is 24.4. The van der Waals surface area contributed by atoms with Crippen LogP contribution in [0.5, 0.6) is 0 Å². The van der Waals surface area contributed by atoms with Crippen LogP contribution in [0.4, 0.5) is 0 Å². The number of esters is 3. The maximum Gasteiger partial charge on any atom is 0.339 e. The van der Waals surface area contributed by atoms with Gasteiger partial charge in [-0.15, -0.1) is 0 Å². The number of ether oxygens (including phenoxy) is 3. The van der Waals surface area contributed by atoms with Gasteiger partial charge >= 0.3 is 35.8 Å². The molecule has 0 bridgehead atoms. The molecule has 0 aliphatic carbocycles. The van der Waals surface area contributed by atoms with Crippen molar-refractivity contribution in [1.29, 1.82) is 0 Å². The number of aliphatic hydroxyl groups is 2. The molecule has 5 N–H and O–H groups in total. The van der Waals surface area contributed by atoms with Crippen molar-refractivity contribution in [3.05, 3.63) is 0 Å². The zero-order chi connectivity index (χ0) is 34.9. The fourth-order valence-electron chi connectivity index (χ4n) is 4.71. The van der Waals surface area contributed by atoms with Gasteiger partial charge in [0.15, 0.2) is 11.2 Å². The molecule has 0 aliphatic rings. The molecular formula is C31H54O14. The van der Waals surface area contributed by atoms with E-state index >= 15 is 0 Å². The molecule has 0 aromatic rings. The first-order valence-corrected chi connectivity index (χ1v) is 15.5. The van der Waals surface area contributed by atoms with Crippen molar-refractivity contribution in [2.24, 2.45) is 5.92 Å². The summed E-state index contributed by atoms with van der Waals surface area (Å²) in [5.41, 5.74) is -5.04. The van der Waals surface area contributed by atoms with E-state index < -0.39 is 72.2 Å². The topological polar surface area (TPSA) is 231 Å². The summed E-state index contributed by atoms with van der Waals surface area (Å²) in [7, 11) is 3.22. The second-order valence-electron chi connectivity index (χ2n) is 11.1. The highest BCUT2D eigenvalue weighted by Gasteiger charge is 2.49. The fraction of sp³-hybridized carbons (Fsp3) is 0.806. The lowest BCUT2D eigenvalue weighted by Crippen LogP contribution is -2.50. The van der Waals surface area contributed by atoms with Crippen LogP contribution in [0.2, 0.25) is 0 Å². The summed E-state index contributed by atoms with van der Waals surface area (Å²) in [4.78, 5) is 66.7. The third kappa shape index (κ3) is 19.7. The summed E-state index contributed by atoms with van der Waals surface area (Å²) in [6, 6.07) is 0. The highest BCUT2D eigenvalue weighted by Crippen LogP contribution is 2.28. The van der Waals surface area contributed by atoms with Crippen molar-refractivity contribution < 1.29 is 68.5 Å². The Labute approximate surface area is 265 Å². The molecule has 0 rings (SSSR count). The van der Waals surface area contributed by atoms with Gasteiger partial charge in [0.05, 0.1) is 46.5 Å². The largest absolute Gasteiger partial charge is 0.481 e. The third-order valence-corrected chi connectivity index (χ3v) is 7.41. The Morgan fingerprint density at radius 2 is 0.956 bits per heavy atom. The smallest absolute Gasteiger partial charge is 0.339 e. The number of aliphatic carboxylic acids is 3. The summed E-state index contributed by atoms with van der Waals surface area (Å²) in [6.45, 7) is 2.22. The predicted molar refractivity (Wildman–Crippen MR) is 161 cm³/mol. The van der Waals surface area contributed by atoms with E-state index in [4.69, 9.17) is 10.2 Å². The summed E-state index contributed by atoms with van der Waals surface area (Å²) in [6.07, 6.45) is 13.4. The highest BCUT2D eigenvalue weighted by molar-refractivity contribution is 5.90. The summed E-state index contributed by atoms with van der Waals surface area (Å²) < 4.78 is 12.9. The van der Waals surface area contributed by atoms with Gasteiger partial charge in [-0.05, 0) is 6.42 Å². The molecule has 2 atom stereocenters. The van der Waals surface area contributed by atoms with Crippen LogP contribution in [0, 0.1) is 5.92 Å². The van der Waals surface area contributed by atoms with Gasteiger partial charge in [0, 0.05) is 0 Å². The molecule has 0 aromatic carbocycles. The van der Waals surface area contributed by atoms with Gasteiger partial charge in [0.25, 0.3) is 0 Å². The zero-order valence-electron chi connectivity index (χ0n) is 27.2. The molecular weight excluding hydrogens is 596 g/mol. The van der Waals surface area contributed by atoms with Gasteiger partial charge in [0.1, 0.15) is 0 Å². The van der Waals surface area contributed by atoms with Crippen molar-refractivity contribution in [1.82, 2.24) is 0 Å². The second kappa shape index (κ2) is 25.0. The van der Waals surface area contributed by atoms with Crippen LogP contribution >= 0.6 is 0 Å². The van der Waals surface area contributed by atoms with E-state index in [0.29, 0.717) is 6.42 Å². The number of methoxy groups -OCH3 is 3. The van der Waals surface area contributed by atoms with Crippen LogP contribution in [0.25, 0.3) is 0 Å². The Bertz CT molecular complexity index is 885. The van der Waals surface area contributed by atoms with Gasteiger partial charge in [-0.2, -0.15) is 0 Å². The molecule has 0 saturated carbocycles. The lowest BCUT2D eigenvalue weighted by molar-refractivity contribution is -0.179. The molecule has 262 valence electrons. The van der Waals surface area contributed by atoms with E-state index in [1.807, 2.05) is 0 Å². The number of unbranched alkanes of at least 4 members (excludes halogenated alkanes) is 13. The number of carbonyl (C=O) groups is 6. The average Bonchev–Trinajstić information content (AvgIpc) is 2.97. The lowest BCUT2D eigenvalue weighted by atomic mass is 9.81. The Morgan fingerprint density at radius 1 is 0.578 bits per heavy atom. The molecule has 14 heteroatoms.